The quantitative estimate of drug-likeness (QED) is 0.816. The van der Waals surface area contributed by atoms with Crippen molar-refractivity contribution in [3.8, 4) is 0 Å². The van der Waals surface area contributed by atoms with Gasteiger partial charge in [-0.2, -0.15) is 11.8 Å². The van der Waals surface area contributed by atoms with Gasteiger partial charge >= 0.3 is 0 Å². The van der Waals surface area contributed by atoms with E-state index in [0.717, 1.165) is 23.5 Å². The van der Waals surface area contributed by atoms with Crippen LogP contribution in [0, 0.1) is 5.82 Å². The van der Waals surface area contributed by atoms with E-state index in [1.807, 2.05) is 0 Å². The minimum Gasteiger partial charge on any atom is -0.327 e. The first-order valence-corrected chi connectivity index (χ1v) is 5.80. The van der Waals surface area contributed by atoms with Crippen LogP contribution < -0.4 is 5.73 Å². The van der Waals surface area contributed by atoms with Gasteiger partial charge in [0.1, 0.15) is 5.82 Å². The Hall–Kier alpha value is -0.610. The Morgan fingerprint density at radius 3 is 3.00 bits per heavy atom. The molecule has 0 aliphatic rings. The van der Waals surface area contributed by atoms with E-state index in [1.165, 1.54) is 12.3 Å². The smallest absolute Gasteiger partial charge is 0.141 e. The number of thioether (sulfide) groups is 1. The molecular weight excluding hydrogens is 199 g/mol. The Kier molecular flexibility index (Phi) is 4.90. The number of nitrogens with zero attached hydrogens (tertiary/aromatic N) is 1. The van der Waals surface area contributed by atoms with Gasteiger partial charge in [0.25, 0.3) is 0 Å². The van der Waals surface area contributed by atoms with Crippen LogP contribution in [0.15, 0.2) is 18.5 Å². The maximum atomic E-state index is 12.7. The molecule has 4 heteroatoms. The van der Waals surface area contributed by atoms with Gasteiger partial charge in [0, 0.05) is 23.7 Å². The second kappa shape index (κ2) is 5.98. The van der Waals surface area contributed by atoms with Crippen molar-refractivity contribution in [3.63, 3.8) is 0 Å². The molecule has 0 amide bonds. The maximum absolute atomic E-state index is 12.7. The molecule has 2 N–H and O–H groups in total. The van der Waals surface area contributed by atoms with Gasteiger partial charge in [0.05, 0.1) is 6.20 Å². The summed E-state index contributed by atoms with van der Waals surface area (Å²) >= 11 is 1.72. The first-order chi connectivity index (χ1) is 6.72. The van der Waals surface area contributed by atoms with Gasteiger partial charge in [0.15, 0.2) is 0 Å². The van der Waals surface area contributed by atoms with E-state index in [0.29, 0.717) is 0 Å². The predicted molar refractivity (Wildman–Crippen MR) is 58.6 cm³/mol. The minimum atomic E-state index is -0.275. The number of nitrogens with two attached hydrogens (primary N) is 1. The lowest BCUT2D eigenvalue weighted by Gasteiger charge is -2.07. The van der Waals surface area contributed by atoms with Crippen LogP contribution in [0.4, 0.5) is 4.39 Å². The van der Waals surface area contributed by atoms with E-state index >= 15 is 0 Å². The molecule has 0 bridgehead atoms. The average Bonchev–Trinajstić information content (AvgIpc) is 2.17. The first kappa shape index (κ1) is 11.5. The van der Waals surface area contributed by atoms with Crippen LogP contribution in [-0.4, -0.2) is 16.8 Å². The zero-order valence-electron chi connectivity index (χ0n) is 8.24. The summed E-state index contributed by atoms with van der Waals surface area (Å²) in [6.07, 6.45) is 3.88. The Balaban J connectivity index is 2.31. The average molecular weight is 214 g/mol. The van der Waals surface area contributed by atoms with Gasteiger partial charge in [-0.15, -0.1) is 0 Å². The predicted octanol–water partition coefficient (Wildman–Crippen LogP) is 2.19. The van der Waals surface area contributed by atoms with Crippen molar-refractivity contribution in [1.82, 2.24) is 4.98 Å². The lowest BCUT2D eigenvalue weighted by atomic mass is 10.3. The van der Waals surface area contributed by atoms with Crippen LogP contribution >= 0.6 is 11.8 Å². The second-order valence-corrected chi connectivity index (χ2v) is 4.23. The molecular formula is C10H15FN2S. The molecule has 0 fully saturated rings. The molecule has 14 heavy (non-hydrogen) atoms. The summed E-state index contributed by atoms with van der Waals surface area (Å²) in [6, 6.07) is 1.75. The summed E-state index contributed by atoms with van der Waals surface area (Å²) in [4.78, 5) is 3.78. The zero-order valence-corrected chi connectivity index (χ0v) is 9.06. The van der Waals surface area contributed by atoms with Gasteiger partial charge in [-0.25, -0.2) is 4.39 Å². The number of rotatable bonds is 5. The van der Waals surface area contributed by atoms with E-state index in [9.17, 15) is 4.39 Å². The number of hydrogen-bond donors (Lipinski definition) is 1. The largest absolute Gasteiger partial charge is 0.327 e. The molecule has 0 saturated carbocycles. The Morgan fingerprint density at radius 2 is 2.36 bits per heavy atom. The Bertz CT molecular complexity index is 281. The van der Waals surface area contributed by atoms with Crippen molar-refractivity contribution in [2.24, 2.45) is 5.73 Å². The van der Waals surface area contributed by atoms with Crippen LogP contribution in [0.5, 0.6) is 0 Å². The van der Waals surface area contributed by atoms with Crippen LogP contribution in [0.2, 0.25) is 0 Å². The highest BCUT2D eigenvalue weighted by molar-refractivity contribution is 7.98. The third-order valence-corrected chi connectivity index (χ3v) is 3.09. The molecule has 1 atom stereocenters. The Labute approximate surface area is 88.1 Å². The lowest BCUT2D eigenvalue weighted by Crippen LogP contribution is -2.21. The van der Waals surface area contributed by atoms with Crippen molar-refractivity contribution >= 4 is 11.8 Å². The van der Waals surface area contributed by atoms with Crippen LogP contribution in [-0.2, 0) is 5.75 Å². The molecule has 0 aliphatic heterocycles. The number of aromatic nitrogens is 1. The van der Waals surface area contributed by atoms with Gasteiger partial charge in [-0.3, -0.25) is 4.98 Å². The normalized spacial score (nSPS) is 12.8. The van der Waals surface area contributed by atoms with Crippen LogP contribution in [0.3, 0.4) is 0 Å². The van der Waals surface area contributed by atoms with E-state index in [1.54, 1.807) is 18.0 Å². The summed E-state index contributed by atoms with van der Waals surface area (Å²) in [5, 5.41) is 0. The van der Waals surface area contributed by atoms with E-state index in [-0.39, 0.29) is 11.9 Å². The SMILES string of the molecule is CCC(N)CSCc1cncc(F)c1. The highest BCUT2D eigenvalue weighted by atomic mass is 32.2. The molecule has 1 rings (SSSR count). The minimum absolute atomic E-state index is 0.238. The molecule has 0 saturated heterocycles. The molecule has 2 nitrogen and oxygen atoms in total. The maximum Gasteiger partial charge on any atom is 0.141 e. The highest BCUT2D eigenvalue weighted by Crippen LogP contribution is 2.13. The zero-order chi connectivity index (χ0) is 10.4. The van der Waals surface area contributed by atoms with Crippen LogP contribution in [0.1, 0.15) is 18.9 Å². The molecule has 1 unspecified atom stereocenters. The third-order valence-electron chi connectivity index (χ3n) is 1.89. The molecule has 0 aliphatic carbocycles. The highest BCUT2D eigenvalue weighted by Gasteiger charge is 2.00. The summed E-state index contributed by atoms with van der Waals surface area (Å²) in [5.41, 5.74) is 6.67. The molecule has 1 aromatic heterocycles. The number of pyridine rings is 1. The van der Waals surface area contributed by atoms with Gasteiger partial charge in [-0.1, -0.05) is 6.92 Å². The van der Waals surface area contributed by atoms with Crippen molar-refractivity contribution in [1.29, 1.82) is 0 Å². The fourth-order valence-corrected chi connectivity index (χ4v) is 2.03. The second-order valence-electron chi connectivity index (χ2n) is 3.19. The van der Waals surface area contributed by atoms with E-state index in [4.69, 9.17) is 5.73 Å². The third kappa shape index (κ3) is 4.07. The first-order valence-electron chi connectivity index (χ1n) is 4.65. The summed E-state index contributed by atoms with van der Waals surface area (Å²) in [6.45, 7) is 2.06. The van der Waals surface area contributed by atoms with Gasteiger partial charge in [-0.05, 0) is 18.1 Å². The lowest BCUT2D eigenvalue weighted by molar-refractivity contribution is 0.619. The van der Waals surface area contributed by atoms with Gasteiger partial charge in [0.2, 0.25) is 0 Å². The standard InChI is InChI=1S/C10H15FN2S/c1-2-10(12)7-14-6-8-3-9(11)5-13-4-8/h3-5,10H,2,6-7,12H2,1H3. The molecule has 1 aromatic rings. The number of halogens is 1. The Morgan fingerprint density at radius 1 is 1.57 bits per heavy atom. The molecule has 78 valence electrons. The van der Waals surface area contributed by atoms with E-state index in [2.05, 4.69) is 11.9 Å². The summed E-state index contributed by atoms with van der Waals surface area (Å²) in [5.74, 6) is 1.41. The summed E-state index contributed by atoms with van der Waals surface area (Å²) in [7, 11) is 0. The summed E-state index contributed by atoms with van der Waals surface area (Å²) < 4.78 is 12.7. The number of hydrogen-bond acceptors (Lipinski definition) is 3. The van der Waals surface area contributed by atoms with Crippen molar-refractivity contribution in [2.45, 2.75) is 25.1 Å². The molecule has 0 spiro atoms. The molecule has 0 aromatic carbocycles. The van der Waals surface area contributed by atoms with Crippen LogP contribution in [0.25, 0.3) is 0 Å². The molecule has 1 heterocycles. The monoisotopic (exact) mass is 214 g/mol. The van der Waals surface area contributed by atoms with Crippen molar-refractivity contribution in [3.05, 3.63) is 29.8 Å². The topological polar surface area (TPSA) is 38.9 Å². The molecule has 0 radical (unpaired) electrons. The van der Waals surface area contributed by atoms with Crippen molar-refractivity contribution < 1.29 is 4.39 Å². The van der Waals surface area contributed by atoms with E-state index < -0.39 is 0 Å². The fraction of sp³-hybridized carbons (Fsp3) is 0.500. The van der Waals surface area contributed by atoms with Gasteiger partial charge < -0.3 is 5.73 Å². The van der Waals surface area contributed by atoms with Crippen molar-refractivity contribution in [2.75, 3.05) is 5.75 Å². The fourth-order valence-electron chi connectivity index (χ4n) is 0.981.